The number of hydrogen-bond donors (Lipinski definition) is 0. The molecule has 0 aromatic heterocycles. The third kappa shape index (κ3) is 3.08. The summed E-state index contributed by atoms with van der Waals surface area (Å²) in [4.78, 5) is 5.60. The van der Waals surface area contributed by atoms with E-state index in [1.165, 1.54) is 51.7 Å². The van der Waals surface area contributed by atoms with Gasteiger partial charge >= 0.3 is 0 Å². The summed E-state index contributed by atoms with van der Waals surface area (Å²) in [5, 5.41) is 0. The summed E-state index contributed by atoms with van der Waals surface area (Å²) >= 11 is 0. The van der Waals surface area contributed by atoms with Crippen LogP contribution in [0.15, 0.2) is 0 Å². The van der Waals surface area contributed by atoms with Crippen LogP contribution in [-0.2, 0) is 0 Å². The molecule has 2 nitrogen and oxygen atoms in total. The molecule has 3 unspecified atom stereocenters. The molecule has 2 fully saturated rings. The Bertz CT molecular complexity index is 251. The molecule has 0 amide bonds. The van der Waals surface area contributed by atoms with Crippen LogP contribution in [-0.4, -0.2) is 47.6 Å². The number of hydrogen-bond acceptors (Lipinski definition) is 2. The zero-order valence-corrected chi connectivity index (χ0v) is 12.9. The Balaban J connectivity index is 2.00. The van der Waals surface area contributed by atoms with E-state index in [4.69, 9.17) is 0 Å². The van der Waals surface area contributed by atoms with Gasteiger partial charge in [-0.2, -0.15) is 0 Å². The van der Waals surface area contributed by atoms with Gasteiger partial charge in [-0.3, -0.25) is 9.80 Å². The van der Waals surface area contributed by atoms with Crippen LogP contribution in [0.4, 0.5) is 0 Å². The minimum atomic E-state index is 0.778. The van der Waals surface area contributed by atoms with Crippen LogP contribution in [0.5, 0.6) is 0 Å². The SMILES string of the molecule is CCCCC(C)N1CC2CCCN2CC1C(C)C. The van der Waals surface area contributed by atoms with Gasteiger partial charge in [-0.1, -0.05) is 33.6 Å². The van der Waals surface area contributed by atoms with Crippen LogP contribution in [0.3, 0.4) is 0 Å². The van der Waals surface area contributed by atoms with Gasteiger partial charge in [0.15, 0.2) is 0 Å². The average Bonchev–Trinajstić information content (AvgIpc) is 2.81. The van der Waals surface area contributed by atoms with E-state index in [0.29, 0.717) is 0 Å². The molecule has 2 aliphatic rings. The minimum absolute atomic E-state index is 0.778. The number of fused-ring (bicyclic) bond motifs is 1. The lowest BCUT2D eigenvalue weighted by molar-refractivity contribution is 0.00216. The summed E-state index contributed by atoms with van der Waals surface area (Å²) in [6, 6.07) is 2.43. The lowest BCUT2D eigenvalue weighted by Gasteiger charge is -2.48. The molecule has 2 aliphatic heterocycles. The molecule has 0 aromatic rings. The number of rotatable bonds is 5. The van der Waals surface area contributed by atoms with Crippen molar-refractivity contribution in [1.29, 1.82) is 0 Å². The van der Waals surface area contributed by atoms with E-state index in [0.717, 1.165) is 24.0 Å². The lowest BCUT2D eigenvalue weighted by Crippen LogP contribution is -2.60. The second-order valence-corrected chi connectivity index (χ2v) is 6.79. The molecule has 106 valence electrons. The fourth-order valence-electron chi connectivity index (χ4n) is 3.83. The summed E-state index contributed by atoms with van der Waals surface area (Å²) in [6.45, 7) is 13.6. The zero-order valence-electron chi connectivity index (χ0n) is 12.9. The highest BCUT2D eigenvalue weighted by Gasteiger charge is 2.38. The molecule has 0 bridgehead atoms. The van der Waals surface area contributed by atoms with Crippen molar-refractivity contribution in [2.75, 3.05) is 19.6 Å². The first-order chi connectivity index (χ1) is 8.63. The summed E-state index contributed by atoms with van der Waals surface area (Å²) in [7, 11) is 0. The first-order valence-electron chi connectivity index (χ1n) is 8.13. The molecule has 2 heterocycles. The smallest absolute Gasteiger partial charge is 0.0249 e. The van der Waals surface area contributed by atoms with Crippen molar-refractivity contribution in [2.45, 2.75) is 77.9 Å². The highest BCUT2D eigenvalue weighted by Crippen LogP contribution is 2.29. The maximum Gasteiger partial charge on any atom is 0.0249 e. The average molecular weight is 252 g/mol. The standard InChI is InChI=1S/C16H32N2/c1-5-6-8-14(4)18-11-15-9-7-10-17(15)12-16(18)13(2)3/h13-16H,5-12H2,1-4H3. The quantitative estimate of drug-likeness (QED) is 0.740. The van der Waals surface area contributed by atoms with Crippen LogP contribution >= 0.6 is 0 Å². The monoisotopic (exact) mass is 252 g/mol. The van der Waals surface area contributed by atoms with Gasteiger partial charge in [0.05, 0.1) is 0 Å². The minimum Gasteiger partial charge on any atom is -0.298 e. The molecule has 0 saturated carbocycles. The first-order valence-corrected chi connectivity index (χ1v) is 8.13. The van der Waals surface area contributed by atoms with Gasteiger partial charge in [-0.25, -0.2) is 0 Å². The Morgan fingerprint density at radius 3 is 2.61 bits per heavy atom. The van der Waals surface area contributed by atoms with Crippen molar-refractivity contribution >= 4 is 0 Å². The summed E-state index contributed by atoms with van der Waals surface area (Å²) in [5.41, 5.74) is 0. The van der Waals surface area contributed by atoms with Gasteiger partial charge in [0.25, 0.3) is 0 Å². The third-order valence-electron chi connectivity index (χ3n) is 5.08. The van der Waals surface area contributed by atoms with Crippen molar-refractivity contribution in [3.05, 3.63) is 0 Å². The van der Waals surface area contributed by atoms with E-state index in [1.807, 2.05) is 0 Å². The Hall–Kier alpha value is -0.0800. The van der Waals surface area contributed by atoms with E-state index in [-0.39, 0.29) is 0 Å². The Morgan fingerprint density at radius 1 is 1.17 bits per heavy atom. The molecule has 0 spiro atoms. The molecule has 18 heavy (non-hydrogen) atoms. The maximum absolute atomic E-state index is 2.84. The van der Waals surface area contributed by atoms with Crippen LogP contribution in [0, 0.1) is 5.92 Å². The van der Waals surface area contributed by atoms with Crippen LogP contribution < -0.4 is 0 Å². The number of nitrogens with zero attached hydrogens (tertiary/aromatic N) is 2. The van der Waals surface area contributed by atoms with Crippen LogP contribution in [0.2, 0.25) is 0 Å². The topological polar surface area (TPSA) is 6.48 Å². The number of piperazine rings is 1. The van der Waals surface area contributed by atoms with E-state index in [9.17, 15) is 0 Å². The van der Waals surface area contributed by atoms with E-state index < -0.39 is 0 Å². The molecular weight excluding hydrogens is 220 g/mol. The normalized spacial score (nSPS) is 31.8. The predicted octanol–water partition coefficient (Wildman–Crippen LogP) is 3.37. The van der Waals surface area contributed by atoms with E-state index >= 15 is 0 Å². The first kappa shape index (κ1) is 14.3. The Kier molecular flexibility index (Phi) is 5.08. The van der Waals surface area contributed by atoms with Crippen molar-refractivity contribution in [3.63, 3.8) is 0 Å². The predicted molar refractivity (Wildman–Crippen MR) is 78.9 cm³/mol. The molecule has 2 saturated heterocycles. The number of unbranched alkanes of at least 4 members (excludes halogenated alkanes) is 1. The second kappa shape index (κ2) is 6.38. The molecule has 0 radical (unpaired) electrons. The molecule has 2 heteroatoms. The van der Waals surface area contributed by atoms with E-state index in [2.05, 4.69) is 37.5 Å². The fourth-order valence-corrected chi connectivity index (χ4v) is 3.83. The summed E-state index contributed by atoms with van der Waals surface area (Å²) in [6.07, 6.45) is 6.96. The van der Waals surface area contributed by atoms with Gasteiger partial charge in [0.1, 0.15) is 0 Å². The van der Waals surface area contributed by atoms with Gasteiger partial charge in [-0.15, -0.1) is 0 Å². The van der Waals surface area contributed by atoms with Crippen molar-refractivity contribution < 1.29 is 0 Å². The van der Waals surface area contributed by atoms with Crippen LogP contribution in [0.25, 0.3) is 0 Å². The van der Waals surface area contributed by atoms with Gasteiger partial charge in [0.2, 0.25) is 0 Å². The molecule has 0 aromatic carbocycles. The third-order valence-corrected chi connectivity index (χ3v) is 5.08. The van der Waals surface area contributed by atoms with Gasteiger partial charge < -0.3 is 0 Å². The van der Waals surface area contributed by atoms with Crippen LogP contribution in [0.1, 0.15) is 59.8 Å². The fraction of sp³-hybridized carbons (Fsp3) is 1.00. The molecule has 2 rings (SSSR count). The highest BCUT2D eigenvalue weighted by atomic mass is 15.3. The zero-order chi connectivity index (χ0) is 13.1. The molecule has 0 N–H and O–H groups in total. The van der Waals surface area contributed by atoms with E-state index in [1.54, 1.807) is 0 Å². The lowest BCUT2D eigenvalue weighted by atomic mass is 9.94. The Morgan fingerprint density at radius 2 is 1.94 bits per heavy atom. The molecular formula is C16H32N2. The second-order valence-electron chi connectivity index (χ2n) is 6.79. The van der Waals surface area contributed by atoms with Crippen molar-refractivity contribution in [1.82, 2.24) is 9.80 Å². The maximum atomic E-state index is 2.84. The summed E-state index contributed by atoms with van der Waals surface area (Å²) in [5.74, 6) is 0.788. The Labute approximate surface area is 114 Å². The van der Waals surface area contributed by atoms with Gasteiger partial charge in [0, 0.05) is 31.2 Å². The van der Waals surface area contributed by atoms with Crippen molar-refractivity contribution in [3.8, 4) is 0 Å². The largest absolute Gasteiger partial charge is 0.298 e. The molecule has 3 atom stereocenters. The van der Waals surface area contributed by atoms with Gasteiger partial charge in [-0.05, 0) is 38.6 Å². The van der Waals surface area contributed by atoms with Crippen molar-refractivity contribution in [2.24, 2.45) is 5.92 Å². The highest BCUT2D eigenvalue weighted by molar-refractivity contribution is 4.94. The molecule has 0 aliphatic carbocycles. The summed E-state index contributed by atoms with van der Waals surface area (Å²) < 4.78 is 0.